The number of unbranched alkanes of at least 4 members (excludes halogenated alkanes) is 12. The number of rotatable bonds is 24. The maximum Gasteiger partial charge on any atom is 0.513 e. The second kappa shape index (κ2) is 24.2. The van der Waals surface area contributed by atoms with Crippen LogP contribution in [0, 0.1) is 13.8 Å². The topological polar surface area (TPSA) is 142 Å². The van der Waals surface area contributed by atoms with Gasteiger partial charge in [0.15, 0.2) is 23.0 Å². The molecule has 0 aromatic heterocycles. The van der Waals surface area contributed by atoms with Crippen LogP contribution >= 0.6 is 0 Å². The molecule has 0 saturated carbocycles. The Morgan fingerprint density at radius 3 is 0.871 bits per heavy atom. The first-order valence-electron chi connectivity index (χ1n) is 22.7. The van der Waals surface area contributed by atoms with E-state index in [0.717, 1.165) is 88.2 Å². The van der Waals surface area contributed by atoms with Crippen molar-refractivity contribution in [3.8, 4) is 45.3 Å². The highest BCUT2D eigenvalue weighted by Crippen LogP contribution is 2.67. The Hall–Kier alpha value is -5.52. The summed E-state index contributed by atoms with van der Waals surface area (Å²) < 4.78 is 46.8. The predicted octanol–water partition coefficient (Wildman–Crippen LogP) is 14.6. The molecule has 12 heteroatoms. The van der Waals surface area contributed by atoms with Crippen molar-refractivity contribution >= 4 is 46.2 Å². The fourth-order valence-corrected chi connectivity index (χ4v) is 7.58. The zero-order valence-electron chi connectivity index (χ0n) is 37.5. The summed E-state index contributed by atoms with van der Waals surface area (Å²) in [4.78, 5) is 54.3. The van der Waals surface area contributed by atoms with Crippen LogP contribution in [0.15, 0.2) is 36.4 Å². The van der Waals surface area contributed by atoms with Crippen molar-refractivity contribution in [2.75, 3.05) is 26.4 Å². The van der Waals surface area contributed by atoms with Crippen molar-refractivity contribution in [1.29, 1.82) is 0 Å². The molecule has 0 radical (unpaired) electrons. The Labute approximate surface area is 365 Å². The van der Waals surface area contributed by atoms with Crippen LogP contribution in [-0.2, 0) is 18.9 Å². The van der Waals surface area contributed by atoms with Crippen LogP contribution in [0.5, 0.6) is 23.0 Å². The summed E-state index contributed by atoms with van der Waals surface area (Å²) in [7, 11) is 0. The minimum absolute atomic E-state index is 0.0792. The average Bonchev–Trinajstić information content (AvgIpc) is 3.23. The quantitative estimate of drug-likeness (QED) is 0.0252. The van der Waals surface area contributed by atoms with Crippen LogP contribution < -0.4 is 18.9 Å². The van der Waals surface area contributed by atoms with Crippen LogP contribution in [-0.4, -0.2) is 51.0 Å². The highest BCUT2D eigenvalue weighted by Gasteiger charge is 2.43. The first-order chi connectivity index (χ1) is 30.1. The molecule has 0 fully saturated rings. The van der Waals surface area contributed by atoms with E-state index in [4.69, 9.17) is 37.9 Å². The number of ether oxygens (including phenoxy) is 8. The third kappa shape index (κ3) is 12.3. The second-order valence-electron chi connectivity index (χ2n) is 16.0. The van der Waals surface area contributed by atoms with E-state index in [9.17, 15) is 19.2 Å². The van der Waals surface area contributed by atoms with E-state index in [1.807, 2.05) is 38.1 Å². The zero-order valence-corrected chi connectivity index (χ0v) is 37.5. The lowest BCUT2D eigenvalue weighted by Crippen LogP contribution is -2.20. The normalized spacial score (nSPS) is 11.3. The van der Waals surface area contributed by atoms with Crippen LogP contribution in [0.25, 0.3) is 43.8 Å². The van der Waals surface area contributed by atoms with Crippen molar-refractivity contribution < 1.29 is 57.1 Å². The van der Waals surface area contributed by atoms with Gasteiger partial charge >= 0.3 is 24.6 Å². The molecule has 1 aliphatic carbocycles. The molecular weight excluding hydrogens is 793 g/mol. The van der Waals surface area contributed by atoms with E-state index in [1.165, 1.54) is 0 Å². The van der Waals surface area contributed by atoms with Crippen molar-refractivity contribution in [2.45, 2.75) is 144 Å². The number of carbonyl (C=O) groups excluding carboxylic acids is 4. The molecule has 1 aliphatic rings. The molecule has 0 spiro atoms. The Balaban J connectivity index is 1.72. The maximum atomic E-state index is 13.6. The molecule has 0 N–H and O–H groups in total. The molecule has 336 valence electrons. The van der Waals surface area contributed by atoms with Gasteiger partial charge in [0, 0.05) is 43.8 Å². The Kier molecular flexibility index (Phi) is 18.6. The number of carbonyl (C=O) groups is 4. The number of aryl methyl sites for hydroxylation is 2. The van der Waals surface area contributed by atoms with E-state index < -0.39 is 24.6 Å². The molecule has 0 unspecified atom stereocenters. The van der Waals surface area contributed by atoms with Gasteiger partial charge in [-0.3, -0.25) is 0 Å². The molecule has 62 heavy (non-hydrogen) atoms. The SMILES string of the molecule is CCCCCCOC(=O)Oc1c2c(c(OC(=O)OCCCCCC)c3cc(C)ccc13)-c1c-2c(OC(=O)OCCCCCC)c2cc(C)ccc2c1OC(=O)OCCCCCC. The fraction of sp³-hybridized carbons (Fsp3) is 0.520. The van der Waals surface area contributed by atoms with Gasteiger partial charge in [-0.15, -0.1) is 0 Å². The Morgan fingerprint density at radius 2 is 0.613 bits per heavy atom. The highest BCUT2D eigenvalue weighted by molar-refractivity contribution is 6.25. The van der Waals surface area contributed by atoms with Crippen molar-refractivity contribution in [3.63, 3.8) is 0 Å². The van der Waals surface area contributed by atoms with Gasteiger partial charge < -0.3 is 37.9 Å². The van der Waals surface area contributed by atoms with E-state index in [0.29, 0.717) is 47.2 Å². The summed E-state index contributed by atoms with van der Waals surface area (Å²) in [6.45, 7) is 12.8. The minimum atomic E-state index is -0.937. The number of hydrogen-bond acceptors (Lipinski definition) is 12. The molecule has 0 bridgehead atoms. The van der Waals surface area contributed by atoms with Crippen molar-refractivity contribution in [3.05, 3.63) is 47.5 Å². The second-order valence-corrected chi connectivity index (χ2v) is 16.0. The van der Waals surface area contributed by atoms with Crippen molar-refractivity contribution in [2.24, 2.45) is 0 Å². The molecule has 4 aromatic rings. The predicted molar refractivity (Wildman–Crippen MR) is 240 cm³/mol. The standard InChI is InChI=1S/C50H64O12/c1-7-11-15-19-27-55-47(51)59-43-35-25-23-33(5)31-37(35)45(61-49(53)57-29-21-17-13-9-3)41-39(43)42-40(41)44(60-48(52)56-28-20-16-12-8-2)36-26-24-34(6)32-38(36)46(42)62-50(54)58-30-22-18-14-10-4/h23-26,31-32H,7-22,27-30H2,1-6H3. The minimum Gasteiger partial charge on any atom is -0.434 e. The number of hydrogen-bond donors (Lipinski definition) is 0. The van der Waals surface area contributed by atoms with Crippen LogP contribution in [0.1, 0.15) is 142 Å². The highest BCUT2D eigenvalue weighted by atomic mass is 16.7. The molecule has 0 atom stereocenters. The van der Waals surface area contributed by atoms with Crippen LogP contribution in [0.2, 0.25) is 0 Å². The third-order valence-corrected chi connectivity index (χ3v) is 10.8. The zero-order chi connectivity index (χ0) is 44.4. The number of fused-ring (bicyclic) bond motifs is 6. The molecule has 0 saturated heterocycles. The molecular formula is C50H64O12. The van der Waals surface area contributed by atoms with Gasteiger partial charge in [-0.2, -0.15) is 0 Å². The Morgan fingerprint density at radius 1 is 0.355 bits per heavy atom. The maximum absolute atomic E-state index is 13.6. The van der Waals surface area contributed by atoms with Gasteiger partial charge in [-0.25, -0.2) is 19.2 Å². The van der Waals surface area contributed by atoms with Gasteiger partial charge in [0.1, 0.15) is 0 Å². The first kappa shape index (κ1) is 47.5. The molecule has 12 nitrogen and oxygen atoms in total. The molecule has 0 heterocycles. The monoisotopic (exact) mass is 856 g/mol. The molecule has 0 amide bonds. The van der Waals surface area contributed by atoms with Gasteiger partial charge in [0.25, 0.3) is 0 Å². The molecule has 4 aromatic carbocycles. The van der Waals surface area contributed by atoms with Gasteiger partial charge in [0.2, 0.25) is 0 Å². The summed E-state index contributed by atoms with van der Waals surface area (Å²) >= 11 is 0. The van der Waals surface area contributed by atoms with Crippen LogP contribution in [0.3, 0.4) is 0 Å². The van der Waals surface area contributed by atoms with E-state index in [2.05, 4.69) is 27.7 Å². The summed E-state index contributed by atoms with van der Waals surface area (Å²) in [5.41, 5.74) is 2.74. The van der Waals surface area contributed by atoms with E-state index in [-0.39, 0.29) is 71.7 Å². The van der Waals surface area contributed by atoms with E-state index in [1.54, 1.807) is 12.1 Å². The van der Waals surface area contributed by atoms with Crippen LogP contribution in [0.4, 0.5) is 19.2 Å². The average molecular weight is 857 g/mol. The van der Waals surface area contributed by atoms with E-state index >= 15 is 0 Å². The summed E-state index contributed by atoms with van der Waals surface area (Å²) in [5.74, 6) is 0.323. The molecule has 0 aliphatic heterocycles. The Bertz CT molecular complexity index is 2010. The van der Waals surface area contributed by atoms with Gasteiger partial charge in [0.05, 0.1) is 26.4 Å². The van der Waals surface area contributed by atoms with Crippen molar-refractivity contribution in [1.82, 2.24) is 0 Å². The molecule has 5 rings (SSSR count). The lowest BCUT2D eigenvalue weighted by Gasteiger charge is -2.33. The lowest BCUT2D eigenvalue weighted by molar-refractivity contribution is 0.0951. The van der Waals surface area contributed by atoms with Gasteiger partial charge in [-0.05, 0) is 51.7 Å². The third-order valence-electron chi connectivity index (χ3n) is 10.8. The first-order valence-corrected chi connectivity index (χ1v) is 22.7. The summed E-state index contributed by atoms with van der Waals surface area (Å²) in [6.07, 6.45) is 10.6. The largest absolute Gasteiger partial charge is 0.513 e. The number of benzene rings is 4. The fourth-order valence-electron chi connectivity index (χ4n) is 7.58. The summed E-state index contributed by atoms with van der Waals surface area (Å²) in [5, 5.41) is 1.67. The smallest absolute Gasteiger partial charge is 0.434 e. The van der Waals surface area contributed by atoms with Gasteiger partial charge in [-0.1, -0.05) is 140 Å². The summed E-state index contributed by atoms with van der Waals surface area (Å²) in [6, 6.07) is 10.8. The lowest BCUT2D eigenvalue weighted by atomic mass is 9.74.